The summed E-state index contributed by atoms with van der Waals surface area (Å²) < 4.78 is 10.0. The largest absolute Gasteiger partial charge is 0.489 e. The molecule has 0 saturated heterocycles. The van der Waals surface area contributed by atoms with Crippen LogP contribution in [-0.2, 0) is 4.74 Å². The summed E-state index contributed by atoms with van der Waals surface area (Å²) in [4.78, 5) is 20.5. The standard InChI is InChI=1S/C10H12N2O6/c1-17-4-5-18-9-3-2-7(12(15)16)6-8(9)11-10(13)14/h2-3,6,11H,4-5H2,1H3,(H,13,14). The van der Waals surface area contributed by atoms with E-state index >= 15 is 0 Å². The highest BCUT2D eigenvalue weighted by Gasteiger charge is 2.13. The Morgan fingerprint density at radius 1 is 1.50 bits per heavy atom. The SMILES string of the molecule is COCCOc1ccc([N+](=O)[O-])cc1NC(=O)O. The Labute approximate surface area is 102 Å². The van der Waals surface area contributed by atoms with Crippen molar-refractivity contribution >= 4 is 17.5 Å². The number of benzene rings is 1. The molecule has 0 bridgehead atoms. The first kappa shape index (κ1) is 13.7. The number of non-ortho nitro benzene ring substituents is 1. The van der Waals surface area contributed by atoms with Gasteiger partial charge < -0.3 is 14.6 Å². The highest BCUT2D eigenvalue weighted by Crippen LogP contribution is 2.29. The van der Waals surface area contributed by atoms with Gasteiger partial charge in [-0.25, -0.2) is 4.79 Å². The van der Waals surface area contributed by atoms with Crippen molar-refractivity contribution in [2.24, 2.45) is 0 Å². The minimum absolute atomic E-state index is 0.0211. The normalized spacial score (nSPS) is 9.83. The molecular weight excluding hydrogens is 244 g/mol. The minimum Gasteiger partial charge on any atom is -0.489 e. The van der Waals surface area contributed by atoms with Gasteiger partial charge in [0, 0.05) is 19.2 Å². The molecule has 0 aromatic heterocycles. The van der Waals surface area contributed by atoms with Gasteiger partial charge in [0.05, 0.1) is 17.2 Å². The predicted octanol–water partition coefficient (Wildman–Crippen LogP) is 1.71. The molecule has 18 heavy (non-hydrogen) atoms. The summed E-state index contributed by atoms with van der Waals surface area (Å²) in [6.07, 6.45) is -1.33. The zero-order valence-electron chi connectivity index (χ0n) is 9.58. The maximum atomic E-state index is 10.6. The second kappa shape index (κ2) is 6.40. The van der Waals surface area contributed by atoms with Crippen LogP contribution in [0.2, 0.25) is 0 Å². The Morgan fingerprint density at radius 3 is 2.78 bits per heavy atom. The Hall–Kier alpha value is -2.35. The molecule has 0 radical (unpaired) electrons. The number of nitrogens with zero attached hydrogens (tertiary/aromatic N) is 1. The summed E-state index contributed by atoms with van der Waals surface area (Å²) in [7, 11) is 1.50. The fourth-order valence-corrected chi connectivity index (χ4v) is 1.21. The second-order valence-electron chi connectivity index (χ2n) is 3.21. The maximum Gasteiger partial charge on any atom is 0.409 e. The van der Waals surface area contributed by atoms with E-state index < -0.39 is 11.0 Å². The molecule has 0 aliphatic carbocycles. The molecule has 8 nitrogen and oxygen atoms in total. The third-order valence-electron chi connectivity index (χ3n) is 1.96. The molecule has 1 aromatic rings. The van der Waals surface area contributed by atoms with Gasteiger partial charge in [-0.05, 0) is 6.07 Å². The van der Waals surface area contributed by atoms with Gasteiger partial charge in [-0.3, -0.25) is 15.4 Å². The minimum atomic E-state index is -1.33. The lowest BCUT2D eigenvalue weighted by atomic mass is 10.2. The Kier molecular flexibility index (Phi) is 4.88. The van der Waals surface area contributed by atoms with Crippen LogP contribution in [-0.4, -0.2) is 36.4 Å². The van der Waals surface area contributed by atoms with Crippen LogP contribution in [0.5, 0.6) is 5.75 Å². The molecule has 8 heteroatoms. The molecular formula is C10H12N2O6. The molecule has 98 valence electrons. The predicted molar refractivity (Wildman–Crippen MR) is 62.1 cm³/mol. The number of rotatable bonds is 6. The summed E-state index contributed by atoms with van der Waals surface area (Å²) in [5.41, 5.74) is -0.203. The van der Waals surface area contributed by atoms with Crippen molar-refractivity contribution in [3.05, 3.63) is 28.3 Å². The van der Waals surface area contributed by atoms with Gasteiger partial charge in [0.15, 0.2) is 0 Å². The molecule has 0 fully saturated rings. The van der Waals surface area contributed by atoms with E-state index in [0.717, 1.165) is 6.07 Å². The molecule has 0 saturated carbocycles. The number of amides is 1. The summed E-state index contributed by atoms with van der Waals surface area (Å²) >= 11 is 0. The molecule has 0 aliphatic heterocycles. The zero-order valence-corrected chi connectivity index (χ0v) is 9.58. The maximum absolute atomic E-state index is 10.6. The first-order chi connectivity index (χ1) is 8.54. The lowest BCUT2D eigenvalue weighted by molar-refractivity contribution is -0.384. The number of hydrogen-bond acceptors (Lipinski definition) is 5. The third kappa shape index (κ3) is 3.91. The van der Waals surface area contributed by atoms with Gasteiger partial charge >= 0.3 is 6.09 Å². The van der Waals surface area contributed by atoms with Crippen molar-refractivity contribution in [3.8, 4) is 5.75 Å². The van der Waals surface area contributed by atoms with E-state index in [1.807, 2.05) is 5.32 Å². The number of carboxylic acid groups (broad SMARTS) is 1. The smallest absolute Gasteiger partial charge is 0.409 e. The summed E-state index contributed by atoms with van der Waals surface area (Å²) in [5.74, 6) is 0.208. The van der Waals surface area contributed by atoms with Crippen molar-refractivity contribution in [1.82, 2.24) is 0 Å². The zero-order chi connectivity index (χ0) is 13.5. The highest BCUT2D eigenvalue weighted by atomic mass is 16.6. The van der Waals surface area contributed by atoms with Gasteiger partial charge in [-0.15, -0.1) is 0 Å². The lowest BCUT2D eigenvalue weighted by Gasteiger charge is -2.10. The van der Waals surface area contributed by atoms with Crippen LogP contribution in [0.1, 0.15) is 0 Å². The van der Waals surface area contributed by atoms with Crippen molar-refractivity contribution < 1.29 is 24.3 Å². The quantitative estimate of drug-likeness (QED) is 0.455. The number of ether oxygens (including phenoxy) is 2. The van der Waals surface area contributed by atoms with Gasteiger partial charge in [-0.2, -0.15) is 0 Å². The van der Waals surface area contributed by atoms with E-state index in [1.54, 1.807) is 0 Å². The number of nitrogens with one attached hydrogen (secondary N) is 1. The molecule has 0 spiro atoms. The number of nitro groups is 1. The molecule has 2 N–H and O–H groups in total. The van der Waals surface area contributed by atoms with E-state index in [9.17, 15) is 14.9 Å². The first-order valence-electron chi connectivity index (χ1n) is 4.94. The van der Waals surface area contributed by atoms with Gasteiger partial charge in [0.1, 0.15) is 12.4 Å². The average molecular weight is 256 g/mol. The monoisotopic (exact) mass is 256 g/mol. The fourth-order valence-electron chi connectivity index (χ4n) is 1.21. The van der Waals surface area contributed by atoms with Gasteiger partial charge in [0.2, 0.25) is 0 Å². The first-order valence-corrected chi connectivity index (χ1v) is 4.94. The van der Waals surface area contributed by atoms with E-state index in [4.69, 9.17) is 14.6 Å². The topological polar surface area (TPSA) is 111 Å². The lowest BCUT2D eigenvalue weighted by Crippen LogP contribution is -2.11. The van der Waals surface area contributed by atoms with E-state index in [1.165, 1.54) is 19.2 Å². The van der Waals surface area contributed by atoms with Crippen LogP contribution < -0.4 is 10.1 Å². The summed E-state index contributed by atoms with van der Waals surface area (Å²) in [6, 6.07) is 3.66. The molecule has 1 rings (SSSR count). The van der Waals surface area contributed by atoms with E-state index in [-0.39, 0.29) is 23.7 Å². The van der Waals surface area contributed by atoms with Crippen LogP contribution in [0.3, 0.4) is 0 Å². The van der Waals surface area contributed by atoms with Crippen molar-refractivity contribution in [2.75, 3.05) is 25.6 Å². The number of anilines is 1. The number of hydrogen-bond donors (Lipinski definition) is 2. The summed E-state index contributed by atoms with van der Waals surface area (Å²) in [6.45, 7) is 0.534. The number of nitro benzene ring substituents is 1. The van der Waals surface area contributed by atoms with Crippen LogP contribution in [0.15, 0.2) is 18.2 Å². The summed E-state index contributed by atoms with van der Waals surface area (Å²) in [5, 5.41) is 21.3. The van der Waals surface area contributed by atoms with Crippen molar-refractivity contribution in [3.63, 3.8) is 0 Å². The van der Waals surface area contributed by atoms with Gasteiger partial charge in [0.25, 0.3) is 5.69 Å². The van der Waals surface area contributed by atoms with E-state index in [2.05, 4.69) is 0 Å². The van der Waals surface area contributed by atoms with Gasteiger partial charge in [-0.1, -0.05) is 0 Å². The van der Waals surface area contributed by atoms with Crippen LogP contribution in [0.25, 0.3) is 0 Å². The molecule has 1 aromatic carbocycles. The Bertz CT molecular complexity index is 448. The number of methoxy groups -OCH3 is 1. The van der Waals surface area contributed by atoms with Crippen LogP contribution in [0.4, 0.5) is 16.2 Å². The molecule has 0 atom stereocenters. The molecule has 0 aliphatic rings. The third-order valence-corrected chi connectivity index (χ3v) is 1.96. The molecule has 1 amide bonds. The highest BCUT2D eigenvalue weighted by molar-refractivity contribution is 5.85. The van der Waals surface area contributed by atoms with Crippen molar-refractivity contribution in [2.45, 2.75) is 0 Å². The molecule has 0 heterocycles. The second-order valence-corrected chi connectivity index (χ2v) is 3.21. The number of carbonyl (C=O) groups is 1. The molecule has 0 unspecified atom stereocenters. The van der Waals surface area contributed by atoms with Crippen LogP contribution >= 0.6 is 0 Å². The Balaban J connectivity index is 2.93. The Morgan fingerprint density at radius 2 is 2.22 bits per heavy atom. The van der Waals surface area contributed by atoms with E-state index in [0.29, 0.717) is 6.61 Å². The fraction of sp³-hybridized carbons (Fsp3) is 0.300. The average Bonchev–Trinajstić information content (AvgIpc) is 2.30. The van der Waals surface area contributed by atoms with Crippen molar-refractivity contribution in [1.29, 1.82) is 0 Å². The van der Waals surface area contributed by atoms with Crippen LogP contribution in [0, 0.1) is 10.1 Å².